The van der Waals surface area contributed by atoms with E-state index in [2.05, 4.69) is 56.4 Å². The summed E-state index contributed by atoms with van der Waals surface area (Å²) in [6.45, 7) is 12.5. The fourth-order valence-corrected chi connectivity index (χ4v) is 3.24. The Morgan fingerprint density at radius 1 is 1.44 bits per heavy atom. The predicted octanol–water partition coefficient (Wildman–Crippen LogP) is 5.11. The minimum Gasteiger partial charge on any atom is -0.449 e. The number of rotatable bonds is 7. The first kappa shape index (κ1) is 17.9. The molecular formula is C15H27IO2. The van der Waals surface area contributed by atoms with Crippen molar-refractivity contribution in [1.29, 1.82) is 0 Å². The van der Waals surface area contributed by atoms with Crippen LogP contribution in [0.5, 0.6) is 0 Å². The highest BCUT2D eigenvalue weighted by Gasteiger charge is 2.27. The summed E-state index contributed by atoms with van der Waals surface area (Å²) in [6, 6.07) is 0. The van der Waals surface area contributed by atoms with E-state index >= 15 is 0 Å². The molecule has 0 aromatic carbocycles. The number of halogens is 1. The van der Waals surface area contributed by atoms with E-state index in [-0.39, 0.29) is 9.58 Å². The Balaban J connectivity index is 4.41. The highest BCUT2D eigenvalue weighted by atomic mass is 127. The van der Waals surface area contributed by atoms with Crippen molar-refractivity contribution in [3.8, 4) is 0 Å². The minimum absolute atomic E-state index is 0.0828. The van der Waals surface area contributed by atoms with Gasteiger partial charge in [-0.25, -0.2) is 0 Å². The lowest BCUT2D eigenvalue weighted by molar-refractivity contribution is -0.151. The van der Waals surface area contributed by atoms with E-state index in [4.69, 9.17) is 4.74 Å². The summed E-state index contributed by atoms with van der Waals surface area (Å²) in [4.78, 5) is 12.0. The van der Waals surface area contributed by atoms with E-state index in [1.165, 1.54) is 5.57 Å². The van der Waals surface area contributed by atoms with Crippen molar-refractivity contribution in [1.82, 2.24) is 0 Å². The van der Waals surface area contributed by atoms with Crippen LogP contribution in [0.3, 0.4) is 0 Å². The number of hydrogen-bond donors (Lipinski definition) is 0. The third-order valence-electron chi connectivity index (χ3n) is 3.10. The van der Waals surface area contributed by atoms with Crippen molar-refractivity contribution in [2.45, 2.75) is 64.4 Å². The highest BCUT2D eigenvalue weighted by molar-refractivity contribution is 14.1. The molecule has 0 N–H and O–H groups in total. The van der Waals surface area contributed by atoms with Gasteiger partial charge < -0.3 is 4.74 Å². The number of esters is 1. The molecular weight excluding hydrogens is 339 g/mol. The number of ether oxygens (including phenoxy) is 1. The van der Waals surface area contributed by atoms with Gasteiger partial charge in [-0.1, -0.05) is 32.4 Å². The first-order valence-corrected chi connectivity index (χ1v) is 7.83. The van der Waals surface area contributed by atoms with Crippen LogP contribution in [0, 0.1) is 11.8 Å². The molecule has 0 bridgehead atoms. The van der Waals surface area contributed by atoms with E-state index in [0.29, 0.717) is 18.3 Å². The first-order chi connectivity index (χ1) is 8.21. The lowest BCUT2D eigenvalue weighted by Gasteiger charge is -2.26. The molecule has 0 amide bonds. The average molecular weight is 366 g/mol. The molecule has 0 aliphatic rings. The van der Waals surface area contributed by atoms with Gasteiger partial charge in [0.05, 0.1) is 6.42 Å². The number of carbonyl (C=O) groups is 1. The molecule has 2 nitrogen and oxygen atoms in total. The van der Waals surface area contributed by atoms with Gasteiger partial charge in [0.1, 0.15) is 0 Å². The van der Waals surface area contributed by atoms with Gasteiger partial charge in [-0.05, 0) is 68.0 Å². The Morgan fingerprint density at radius 2 is 2.00 bits per heavy atom. The Hall–Kier alpha value is -0.0600. The summed E-state index contributed by atoms with van der Waals surface area (Å²) in [6.07, 6.45) is 4.44. The third-order valence-corrected chi connectivity index (χ3v) is 3.77. The quantitative estimate of drug-likeness (QED) is 0.271. The Kier molecular flexibility index (Phi) is 8.15. The minimum atomic E-state index is -0.384. The highest BCUT2D eigenvalue weighted by Crippen LogP contribution is 2.30. The number of carbonyl (C=O) groups excluding carboxylic acids is 1. The van der Waals surface area contributed by atoms with Crippen molar-refractivity contribution in [3.63, 3.8) is 0 Å². The molecule has 0 radical (unpaired) electrons. The van der Waals surface area contributed by atoms with Crippen molar-refractivity contribution in [2.24, 2.45) is 11.8 Å². The molecule has 2 atom stereocenters. The third kappa shape index (κ3) is 7.39. The second kappa shape index (κ2) is 8.18. The van der Waals surface area contributed by atoms with Crippen molar-refractivity contribution < 1.29 is 9.53 Å². The van der Waals surface area contributed by atoms with Crippen LogP contribution in [0.15, 0.2) is 11.6 Å². The largest absolute Gasteiger partial charge is 0.449 e. The summed E-state index contributed by atoms with van der Waals surface area (Å²) in [5.74, 6) is 0.758. The summed E-state index contributed by atoms with van der Waals surface area (Å²) < 4.78 is 5.21. The van der Waals surface area contributed by atoms with Crippen LogP contribution in [0.1, 0.15) is 60.8 Å². The Bertz CT molecular complexity index is 293. The predicted molar refractivity (Wildman–Crippen MR) is 85.8 cm³/mol. The van der Waals surface area contributed by atoms with E-state index < -0.39 is 0 Å². The van der Waals surface area contributed by atoms with Gasteiger partial charge in [0.25, 0.3) is 0 Å². The van der Waals surface area contributed by atoms with Crippen LogP contribution in [-0.4, -0.2) is 9.58 Å². The van der Waals surface area contributed by atoms with E-state index in [1.807, 2.05) is 13.8 Å². The van der Waals surface area contributed by atoms with Gasteiger partial charge in [0.2, 0.25) is 0 Å². The van der Waals surface area contributed by atoms with E-state index in [9.17, 15) is 4.79 Å². The lowest BCUT2D eigenvalue weighted by atomic mass is 9.94. The average Bonchev–Trinajstić information content (AvgIpc) is 2.21. The molecule has 0 rings (SSSR count). The smallest absolute Gasteiger partial charge is 0.307 e. The number of hydrogen-bond acceptors (Lipinski definition) is 2. The molecule has 0 spiro atoms. The lowest BCUT2D eigenvalue weighted by Crippen LogP contribution is -2.27. The molecule has 0 aliphatic carbocycles. The summed E-state index contributed by atoms with van der Waals surface area (Å²) in [5.41, 5.74) is 1.27. The van der Waals surface area contributed by atoms with Crippen molar-refractivity contribution in [3.05, 3.63) is 11.6 Å². The van der Waals surface area contributed by atoms with Gasteiger partial charge in [-0.15, -0.1) is 0 Å². The zero-order valence-corrected chi connectivity index (χ0v) is 14.7. The van der Waals surface area contributed by atoms with Crippen LogP contribution in [0.4, 0.5) is 0 Å². The fraction of sp³-hybridized carbons (Fsp3) is 0.800. The zero-order valence-electron chi connectivity index (χ0n) is 12.5. The van der Waals surface area contributed by atoms with Gasteiger partial charge >= 0.3 is 5.97 Å². The monoisotopic (exact) mass is 366 g/mol. The normalized spacial score (nSPS) is 17.4. The molecule has 0 aromatic heterocycles. The second-order valence-electron chi connectivity index (χ2n) is 5.52. The van der Waals surface area contributed by atoms with Crippen LogP contribution in [0.2, 0.25) is 0 Å². The molecule has 106 valence electrons. The van der Waals surface area contributed by atoms with Gasteiger partial charge in [0.15, 0.2) is 3.61 Å². The van der Waals surface area contributed by atoms with Crippen LogP contribution >= 0.6 is 22.6 Å². The summed E-state index contributed by atoms with van der Waals surface area (Å²) in [5, 5.41) is 0. The topological polar surface area (TPSA) is 26.3 Å². The van der Waals surface area contributed by atoms with Crippen molar-refractivity contribution in [2.75, 3.05) is 0 Å². The van der Waals surface area contributed by atoms with E-state index in [0.717, 1.165) is 12.8 Å². The summed E-state index contributed by atoms with van der Waals surface area (Å²) >= 11 is 2.23. The molecule has 0 aromatic rings. The molecule has 0 saturated heterocycles. The number of allylic oxidation sites excluding steroid dienone is 2. The maximum Gasteiger partial charge on any atom is 0.307 e. The molecule has 0 aliphatic heterocycles. The summed E-state index contributed by atoms with van der Waals surface area (Å²) in [7, 11) is 0. The molecule has 1 unspecified atom stereocenters. The van der Waals surface area contributed by atoms with Gasteiger partial charge in [-0.3, -0.25) is 4.79 Å². The van der Waals surface area contributed by atoms with Crippen molar-refractivity contribution >= 4 is 28.6 Å². The second-order valence-corrected chi connectivity index (χ2v) is 7.80. The molecule has 18 heavy (non-hydrogen) atoms. The maximum absolute atomic E-state index is 12.0. The van der Waals surface area contributed by atoms with Gasteiger partial charge in [0, 0.05) is 0 Å². The standard InChI is InChI=1S/C15H27IO2/c1-7-12(5)13(8-2)9-14(17)18-15(6,16)10-11(3)4/h7,11,13H,8-10H2,1-6H3/b12-7-/t13-,15?/m0/s1. The maximum atomic E-state index is 12.0. The zero-order chi connectivity index (χ0) is 14.3. The molecule has 3 heteroatoms. The van der Waals surface area contributed by atoms with Crippen LogP contribution in [-0.2, 0) is 9.53 Å². The molecule has 0 heterocycles. The Morgan fingerprint density at radius 3 is 2.39 bits per heavy atom. The first-order valence-electron chi connectivity index (χ1n) is 6.75. The van der Waals surface area contributed by atoms with Crippen LogP contribution in [0.25, 0.3) is 0 Å². The van der Waals surface area contributed by atoms with Gasteiger partial charge in [-0.2, -0.15) is 0 Å². The van der Waals surface area contributed by atoms with E-state index in [1.54, 1.807) is 0 Å². The number of alkyl halides is 1. The fourth-order valence-electron chi connectivity index (χ4n) is 2.11. The molecule has 0 saturated carbocycles. The molecule has 0 fully saturated rings. The van der Waals surface area contributed by atoms with Crippen LogP contribution < -0.4 is 0 Å². The Labute approximate surface area is 126 Å². The SMILES string of the molecule is C/C=C(/C)[C@@H](CC)CC(=O)OC(C)(I)CC(C)C.